The van der Waals surface area contributed by atoms with Gasteiger partial charge in [-0.15, -0.1) is 0 Å². The molecule has 0 aliphatic heterocycles. The van der Waals surface area contributed by atoms with E-state index < -0.39 is 0 Å². The van der Waals surface area contributed by atoms with Gasteiger partial charge in [0.15, 0.2) is 11.5 Å². The Bertz CT molecular complexity index is 908. The van der Waals surface area contributed by atoms with Crippen molar-refractivity contribution in [2.75, 3.05) is 27.9 Å². The van der Waals surface area contributed by atoms with Gasteiger partial charge in [0.25, 0.3) is 5.91 Å². The van der Waals surface area contributed by atoms with Crippen LogP contribution in [-0.2, 0) is 0 Å². The number of amides is 1. The molecule has 156 valence electrons. The molecule has 0 saturated carbocycles. The molecule has 0 aliphatic carbocycles. The lowest BCUT2D eigenvalue weighted by molar-refractivity contribution is 0.0716. The molecule has 0 unspecified atom stereocenters. The Labute approximate surface area is 177 Å². The number of hydrogen-bond donors (Lipinski definition) is 0. The van der Waals surface area contributed by atoms with Gasteiger partial charge < -0.3 is 19.1 Å². The van der Waals surface area contributed by atoms with Crippen molar-refractivity contribution in [1.82, 2.24) is 4.90 Å². The van der Waals surface area contributed by atoms with Gasteiger partial charge in [-0.1, -0.05) is 60.7 Å². The number of methoxy groups -OCH3 is 3. The number of benzene rings is 3. The molecule has 0 N–H and O–H groups in total. The predicted octanol–water partition coefficient (Wildman–Crippen LogP) is 4.96. The molecule has 0 radical (unpaired) electrons. The fourth-order valence-electron chi connectivity index (χ4n) is 3.64. The molecule has 0 bridgehead atoms. The highest BCUT2D eigenvalue weighted by Gasteiger charge is 2.28. The van der Waals surface area contributed by atoms with Gasteiger partial charge >= 0.3 is 0 Å². The minimum Gasteiger partial charge on any atom is -0.493 e. The average Bonchev–Trinajstić information content (AvgIpc) is 2.82. The van der Waals surface area contributed by atoms with E-state index in [1.54, 1.807) is 33.5 Å². The molecule has 0 fully saturated rings. The Morgan fingerprint density at radius 1 is 0.800 bits per heavy atom. The van der Waals surface area contributed by atoms with E-state index in [2.05, 4.69) is 0 Å². The molecular weight excluding hydrogens is 378 g/mol. The van der Waals surface area contributed by atoms with Crippen molar-refractivity contribution in [2.24, 2.45) is 0 Å². The molecule has 3 aromatic carbocycles. The van der Waals surface area contributed by atoms with Crippen LogP contribution in [-0.4, -0.2) is 38.7 Å². The summed E-state index contributed by atoms with van der Waals surface area (Å²) in [6.07, 6.45) is 0. The molecule has 0 heterocycles. The van der Waals surface area contributed by atoms with E-state index in [-0.39, 0.29) is 11.9 Å². The number of hydrogen-bond acceptors (Lipinski definition) is 4. The van der Waals surface area contributed by atoms with E-state index in [0.29, 0.717) is 29.4 Å². The third kappa shape index (κ3) is 4.25. The Morgan fingerprint density at radius 2 is 1.27 bits per heavy atom. The second-order valence-electron chi connectivity index (χ2n) is 6.73. The quantitative estimate of drug-likeness (QED) is 0.531. The second-order valence-corrected chi connectivity index (χ2v) is 6.73. The minimum absolute atomic E-state index is 0.116. The predicted molar refractivity (Wildman–Crippen MR) is 118 cm³/mol. The van der Waals surface area contributed by atoms with Crippen LogP contribution in [0.1, 0.15) is 34.5 Å². The number of ether oxygens (including phenoxy) is 3. The van der Waals surface area contributed by atoms with Crippen LogP contribution in [0.3, 0.4) is 0 Å². The molecule has 1 amide bonds. The maximum Gasteiger partial charge on any atom is 0.254 e. The molecule has 3 aromatic rings. The smallest absolute Gasteiger partial charge is 0.254 e. The maximum absolute atomic E-state index is 13.7. The fraction of sp³-hybridized carbons (Fsp3) is 0.240. The monoisotopic (exact) mass is 405 g/mol. The topological polar surface area (TPSA) is 48.0 Å². The van der Waals surface area contributed by atoms with Crippen molar-refractivity contribution in [2.45, 2.75) is 13.0 Å². The summed E-state index contributed by atoms with van der Waals surface area (Å²) in [6.45, 7) is 2.51. The fourth-order valence-corrected chi connectivity index (χ4v) is 3.64. The number of carbonyl (C=O) groups is 1. The zero-order chi connectivity index (χ0) is 21.5. The SMILES string of the molecule is CCN(C(=O)c1cc(OC)c(OC)c(OC)c1)C(c1ccccc1)c1ccccc1. The highest BCUT2D eigenvalue weighted by Crippen LogP contribution is 2.39. The molecule has 0 atom stereocenters. The van der Waals surface area contributed by atoms with Crippen LogP contribution < -0.4 is 14.2 Å². The van der Waals surface area contributed by atoms with Gasteiger partial charge in [-0.3, -0.25) is 4.79 Å². The van der Waals surface area contributed by atoms with Gasteiger partial charge in [0, 0.05) is 12.1 Å². The van der Waals surface area contributed by atoms with Crippen LogP contribution in [0.2, 0.25) is 0 Å². The van der Waals surface area contributed by atoms with E-state index >= 15 is 0 Å². The summed E-state index contributed by atoms with van der Waals surface area (Å²) in [5.41, 5.74) is 2.57. The molecule has 5 heteroatoms. The van der Waals surface area contributed by atoms with Gasteiger partial charge in [0.1, 0.15) is 0 Å². The average molecular weight is 405 g/mol. The minimum atomic E-state index is -0.219. The molecular formula is C25H27NO4. The highest BCUT2D eigenvalue weighted by atomic mass is 16.5. The number of carbonyl (C=O) groups excluding carboxylic acids is 1. The Hall–Kier alpha value is -3.47. The van der Waals surface area contributed by atoms with Gasteiger partial charge in [-0.05, 0) is 30.2 Å². The van der Waals surface area contributed by atoms with E-state index in [4.69, 9.17) is 14.2 Å². The summed E-state index contributed by atoms with van der Waals surface area (Å²) >= 11 is 0. The molecule has 0 aliphatic rings. The van der Waals surface area contributed by atoms with Crippen molar-refractivity contribution in [3.05, 3.63) is 89.5 Å². The van der Waals surface area contributed by atoms with Gasteiger partial charge in [0.05, 0.1) is 27.4 Å². The zero-order valence-corrected chi connectivity index (χ0v) is 17.8. The summed E-state index contributed by atoms with van der Waals surface area (Å²) in [7, 11) is 4.63. The Balaban J connectivity index is 2.10. The third-order valence-electron chi connectivity index (χ3n) is 5.06. The van der Waals surface area contributed by atoms with Crippen LogP contribution in [0, 0.1) is 0 Å². The molecule has 5 nitrogen and oxygen atoms in total. The number of nitrogens with zero attached hydrogens (tertiary/aromatic N) is 1. The molecule has 30 heavy (non-hydrogen) atoms. The van der Waals surface area contributed by atoms with Gasteiger partial charge in [-0.25, -0.2) is 0 Å². The van der Waals surface area contributed by atoms with Gasteiger partial charge in [-0.2, -0.15) is 0 Å². The molecule has 0 aromatic heterocycles. The molecule has 0 spiro atoms. The lowest BCUT2D eigenvalue weighted by atomic mass is 9.96. The Kier molecular flexibility index (Phi) is 6.96. The Morgan fingerprint density at radius 3 is 1.63 bits per heavy atom. The number of rotatable bonds is 8. The van der Waals surface area contributed by atoms with Crippen molar-refractivity contribution < 1.29 is 19.0 Å². The second kappa shape index (κ2) is 9.83. The summed E-state index contributed by atoms with van der Waals surface area (Å²) in [4.78, 5) is 15.5. The van der Waals surface area contributed by atoms with Crippen LogP contribution in [0.15, 0.2) is 72.8 Å². The van der Waals surface area contributed by atoms with E-state index in [9.17, 15) is 4.79 Å². The van der Waals surface area contributed by atoms with Crippen LogP contribution in [0.25, 0.3) is 0 Å². The van der Waals surface area contributed by atoms with Crippen LogP contribution >= 0.6 is 0 Å². The van der Waals surface area contributed by atoms with Crippen molar-refractivity contribution in [1.29, 1.82) is 0 Å². The normalized spacial score (nSPS) is 10.6. The maximum atomic E-state index is 13.7. The van der Waals surface area contributed by atoms with E-state index in [0.717, 1.165) is 11.1 Å². The van der Waals surface area contributed by atoms with Crippen molar-refractivity contribution >= 4 is 5.91 Å². The van der Waals surface area contributed by atoms with Crippen LogP contribution in [0.4, 0.5) is 0 Å². The zero-order valence-electron chi connectivity index (χ0n) is 17.8. The third-order valence-corrected chi connectivity index (χ3v) is 5.06. The lowest BCUT2D eigenvalue weighted by Crippen LogP contribution is -2.35. The van der Waals surface area contributed by atoms with Crippen molar-refractivity contribution in [3.63, 3.8) is 0 Å². The largest absolute Gasteiger partial charge is 0.493 e. The molecule has 0 saturated heterocycles. The van der Waals surface area contributed by atoms with Crippen molar-refractivity contribution in [3.8, 4) is 17.2 Å². The molecule has 3 rings (SSSR count). The van der Waals surface area contributed by atoms with E-state index in [1.807, 2.05) is 72.5 Å². The lowest BCUT2D eigenvalue weighted by Gasteiger charge is -2.32. The summed E-state index contributed by atoms with van der Waals surface area (Å²) in [5.74, 6) is 1.25. The first kappa shape index (κ1) is 21.2. The standard InChI is InChI=1S/C25H27NO4/c1-5-26(23(18-12-8-6-9-13-18)19-14-10-7-11-15-19)25(27)20-16-21(28-2)24(30-4)22(17-20)29-3/h6-17,23H,5H2,1-4H3. The first-order chi connectivity index (χ1) is 14.6. The summed E-state index contributed by atoms with van der Waals surface area (Å²) in [5, 5.41) is 0. The first-order valence-corrected chi connectivity index (χ1v) is 9.85. The highest BCUT2D eigenvalue weighted by molar-refractivity contribution is 5.96. The summed E-state index contributed by atoms with van der Waals surface area (Å²) < 4.78 is 16.3. The first-order valence-electron chi connectivity index (χ1n) is 9.85. The van der Waals surface area contributed by atoms with Gasteiger partial charge in [0.2, 0.25) is 5.75 Å². The van der Waals surface area contributed by atoms with E-state index in [1.165, 1.54) is 0 Å². The van der Waals surface area contributed by atoms with Crippen LogP contribution in [0.5, 0.6) is 17.2 Å². The summed E-state index contributed by atoms with van der Waals surface area (Å²) in [6, 6.07) is 23.3.